The van der Waals surface area contributed by atoms with Crippen molar-refractivity contribution in [3.63, 3.8) is 0 Å². The summed E-state index contributed by atoms with van der Waals surface area (Å²) in [5.74, 6) is 0.162. The average Bonchev–Trinajstić information content (AvgIpc) is 2.16. The predicted molar refractivity (Wildman–Crippen MR) is 69.3 cm³/mol. The number of amides is 1. The third kappa shape index (κ3) is 8.72. The summed E-state index contributed by atoms with van der Waals surface area (Å²) in [5, 5.41) is 3.03. The molecule has 1 amide bonds. The van der Waals surface area contributed by atoms with Crippen LogP contribution in [0.1, 0.15) is 65.7 Å². The lowest BCUT2D eigenvalue weighted by atomic mass is 10.0. The van der Waals surface area contributed by atoms with Gasteiger partial charge in [0.05, 0.1) is 0 Å². The number of hydrogen-bond donors (Lipinski definition) is 2. The molecule has 0 radical (unpaired) electrons. The van der Waals surface area contributed by atoms with Gasteiger partial charge in [-0.1, -0.05) is 32.6 Å². The highest BCUT2D eigenvalue weighted by atomic mass is 16.1. The summed E-state index contributed by atoms with van der Waals surface area (Å²) in [6.45, 7) is 6.86. The smallest absolute Gasteiger partial charge is 0.220 e. The Morgan fingerprint density at radius 3 is 2.38 bits per heavy atom. The van der Waals surface area contributed by atoms with Gasteiger partial charge in [-0.25, -0.2) is 0 Å². The second-order valence-electron chi connectivity index (χ2n) is 5.13. The average molecular weight is 228 g/mol. The predicted octanol–water partition coefficient (Wildman–Crippen LogP) is 2.59. The second-order valence-corrected chi connectivity index (χ2v) is 5.13. The SMILES string of the molecule is CCCCCCCC(=O)NC(C)(C)CCN. The van der Waals surface area contributed by atoms with Gasteiger partial charge in [-0.2, -0.15) is 0 Å². The Labute approximate surface area is 100 Å². The Morgan fingerprint density at radius 1 is 1.19 bits per heavy atom. The van der Waals surface area contributed by atoms with Crippen LogP contribution in [-0.4, -0.2) is 18.0 Å². The van der Waals surface area contributed by atoms with E-state index < -0.39 is 0 Å². The van der Waals surface area contributed by atoms with Crippen molar-refractivity contribution >= 4 is 5.91 Å². The van der Waals surface area contributed by atoms with Crippen molar-refractivity contribution in [2.45, 2.75) is 71.3 Å². The number of nitrogens with two attached hydrogens (primary N) is 1. The summed E-state index contributed by atoms with van der Waals surface area (Å²) in [5.41, 5.74) is 5.34. The van der Waals surface area contributed by atoms with E-state index in [-0.39, 0.29) is 11.4 Å². The van der Waals surface area contributed by atoms with E-state index in [0.717, 1.165) is 12.8 Å². The van der Waals surface area contributed by atoms with Gasteiger partial charge in [0.25, 0.3) is 0 Å². The van der Waals surface area contributed by atoms with Crippen molar-refractivity contribution in [3.05, 3.63) is 0 Å². The normalized spacial score (nSPS) is 11.5. The molecule has 0 fully saturated rings. The van der Waals surface area contributed by atoms with Crippen LogP contribution in [0.25, 0.3) is 0 Å². The van der Waals surface area contributed by atoms with Crippen molar-refractivity contribution in [3.8, 4) is 0 Å². The molecule has 0 saturated carbocycles. The zero-order valence-electron chi connectivity index (χ0n) is 11.1. The van der Waals surface area contributed by atoms with E-state index in [0.29, 0.717) is 13.0 Å². The highest BCUT2D eigenvalue weighted by molar-refractivity contribution is 5.76. The molecule has 0 bridgehead atoms. The minimum Gasteiger partial charge on any atom is -0.351 e. The number of carbonyl (C=O) groups excluding carboxylic acids is 1. The van der Waals surface area contributed by atoms with Crippen LogP contribution in [0.15, 0.2) is 0 Å². The molecule has 0 aliphatic rings. The number of nitrogens with one attached hydrogen (secondary N) is 1. The maximum Gasteiger partial charge on any atom is 0.220 e. The van der Waals surface area contributed by atoms with Crippen molar-refractivity contribution in [1.29, 1.82) is 0 Å². The lowest BCUT2D eigenvalue weighted by molar-refractivity contribution is -0.122. The summed E-state index contributed by atoms with van der Waals surface area (Å²) in [6.07, 6.45) is 7.42. The van der Waals surface area contributed by atoms with E-state index in [9.17, 15) is 4.79 Å². The molecule has 3 nitrogen and oxygen atoms in total. The Balaban J connectivity index is 3.58. The minimum absolute atomic E-state index is 0.157. The van der Waals surface area contributed by atoms with Crippen LogP contribution in [0, 0.1) is 0 Å². The monoisotopic (exact) mass is 228 g/mol. The van der Waals surface area contributed by atoms with Gasteiger partial charge in [0.1, 0.15) is 0 Å². The number of hydrogen-bond acceptors (Lipinski definition) is 2. The summed E-state index contributed by atoms with van der Waals surface area (Å²) in [6, 6.07) is 0. The van der Waals surface area contributed by atoms with Gasteiger partial charge in [-0.15, -0.1) is 0 Å². The molecule has 16 heavy (non-hydrogen) atoms. The zero-order chi connectivity index (χ0) is 12.4. The molecule has 0 spiro atoms. The number of rotatable bonds is 9. The zero-order valence-corrected chi connectivity index (χ0v) is 11.1. The minimum atomic E-state index is -0.157. The van der Waals surface area contributed by atoms with Crippen LogP contribution in [0.3, 0.4) is 0 Å². The van der Waals surface area contributed by atoms with Crippen molar-refractivity contribution < 1.29 is 4.79 Å². The van der Waals surface area contributed by atoms with Gasteiger partial charge in [-0.05, 0) is 33.2 Å². The van der Waals surface area contributed by atoms with Crippen LogP contribution >= 0.6 is 0 Å². The standard InChI is InChI=1S/C13H28N2O/c1-4-5-6-7-8-9-12(16)15-13(2,3)10-11-14/h4-11,14H2,1-3H3,(H,15,16). The Bertz CT molecular complexity index is 190. The first kappa shape index (κ1) is 15.4. The third-order valence-electron chi connectivity index (χ3n) is 2.75. The molecule has 0 aromatic heterocycles. The first-order valence-electron chi connectivity index (χ1n) is 6.53. The van der Waals surface area contributed by atoms with E-state index in [4.69, 9.17) is 5.73 Å². The largest absolute Gasteiger partial charge is 0.351 e. The molecule has 0 atom stereocenters. The fourth-order valence-electron chi connectivity index (χ4n) is 1.75. The second kappa shape index (κ2) is 8.57. The number of carbonyl (C=O) groups is 1. The Hall–Kier alpha value is -0.570. The van der Waals surface area contributed by atoms with Gasteiger partial charge in [0.2, 0.25) is 5.91 Å². The summed E-state index contributed by atoms with van der Waals surface area (Å²) in [7, 11) is 0. The highest BCUT2D eigenvalue weighted by Gasteiger charge is 2.18. The first-order valence-corrected chi connectivity index (χ1v) is 6.53. The third-order valence-corrected chi connectivity index (χ3v) is 2.75. The van der Waals surface area contributed by atoms with E-state index in [1.165, 1.54) is 25.7 Å². The highest BCUT2D eigenvalue weighted by Crippen LogP contribution is 2.09. The quantitative estimate of drug-likeness (QED) is 0.596. The molecule has 0 rings (SSSR count). The molecule has 0 aliphatic carbocycles. The first-order chi connectivity index (χ1) is 7.52. The maximum absolute atomic E-state index is 11.6. The lowest BCUT2D eigenvalue weighted by Crippen LogP contribution is -2.44. The van der Waals surface area contributed by atoms with Crippen LogP contribution in [0.2, 0.25) is 0 Å². The van der Waals surface area contributed by atoms with Crippen LogP contribution in [0.4, 0.5) is 0 Å². The van der Waals surface area contributed by atoms with Crippen LogP contribution in [-0.2, 0) is 4.79 Å². The molecule has 0 aromatic carbocycles. The molecule has 0 aromatic rings. The van der Waals surface area contributed by atoms with Crippen molar-refractivity contribution in [2.75, 3.05) is 6.54 Å². The summed E-state index contributed by atoms with van der Waals surface area (Å²) >= 11 is 0. The van der Waals surface area contributed by atoms with E-state index in [1.807, 2.05) is 13.8 Å². The molecule has 0 heterocycles. The van der Waals surface area contributed by atoms with Gasteiger partial charge < -0.3 is 11.1 Å². The molecule has 3 N–H and O–H groups in total. The Kier molecular flexibility index (Phi) is 8.26. The van der Waals surface area contributed by atoms with Gasteiger partial charge in [-0.3, -0.25) is 4.79 Å². The van der Waals surface area contributed by atoms with Gasteiger partial charge in [0.15, 0.2) is 0 Å². The molecule has 3 heteroatoms. The molecule has 0 aliphatic heterocycles. The summed E-state index contributed by atoms with van der Waals surface area (Å²) < 4.78 is 0. The molecule has 96 valence electrons. The maximum atomic E-state index is 11.6. The van der Waals surface area contributed by atoms with Gasteiger partial charge >= 0.3 is 0 Å². The fourth-order valence-corrected chi connectivity index (χ4v) is 1.75. The van der Waals surface area contributed by atoms with Crippen molar-refractivity contribution in [2.24, 2.45) is 5.73 Å². The van der Waals surface area contributed by atoms with E-state index >= 15 is 0 Å². The van der Waals surface area contributed by atoms with Crippen molar-refractivity contribution in [1.82, 2.24) is 5.32 Å². The number of unbranched alkanes of at least 4 members (excludes halogenated alkanes) is 4. The Morgan fingerprint density at radius 2 is 1.81 bits per heavy atom. The van der Waals surface area contributed by atoms with E-state index in [2.05, 4.69) is 12.2 Å². The summed E-state index contributed by atoms with van der Waals surface area (Å²) in [4.78, 5) is 11.6. The van der Waals surface area contributed by atoms with E-state index in [1.54, 1.807) is 0 Å². The molecular formula is C13H28N2O. The van der Waals surface area contributed by atoms with Crippen LogP contribution in [0.5, 0.6) is 0 Å². The van der Waals surface area contributed by atoms with Gasteiger partial charge in [0, 0.05) is 12.0 Å². The lowest BCUT2D eigenvalue weighted by Gasteiger charge is -2.25. The van der Waals surface area contributed by atoms with Crippen LogP contribution < -0.4 is 11.1 Å². The molecule has 0 unspecified atom stereocenters. The topological polar surface area (TPSA) is 55.1 Å². The molecule has 0 saturated heterocycles. The fraction of sp³-hybridized carbons (Fsp3) is 0.923. The molecular weight excluding hydrogens is 200 g/mol.